The van der Waals surface area contributed by atoms with Gasteiger partial charge >= 0.3 is 0 Å². The van der Waals surface area contributed by atoms with Crippen LogP contribution in [0.3, 0.4) is 0 Å². The van der Waals surface area contributed by atoms with E-state index in [4.69, 9.17) is 0 Å². The van der Waals surface area contributed by atoms with Gasteiger partial charge in [-0.15, -0.1) is 0 Å². The molecule has 2 rings (SSSR count). The van der Waals surface area contributed by atoms with Gasteiger partial charge in [-0.1, -0.05) is 0 Å². The highest BCUT2D eigenvalue weighted by Crippen LogP contribution is 2.23. The van der Waals surface area contributed by atoms with E-state index in [1.165, 1.54) is 18.2 Å². The second-order valence-electron chi connectivity index (χ2n) is 3.58. The van der Waals surface area contributed by atoms with Gasteiger partial charge in [-0.25, -0.2) is 0 Å². The molecule has 0 spiro atoms. The molecule has 88 valence electrons. The van der Waals surface area contributed by atoms with E-state index in [0.29, 0.717) is 5.82 Å². The van der Waals surface area contributed by atoms with E-state index in [-0.39, 0.29) is 17.1 Å². The molecule has 0 saturated heterocycles. The quantitative estimate of drug-likeness (QED) is 0.589. The third-order valence-corrected chi connectivity index (χ3v) is 2.29. The van der Waals surface area contributed by atoms with E-state index in [2.05, 4.69) is 15.5 Å². The average Bonchev–Trinajstić information content (AvgIpc) is 2.68. The van der Waals surface area contributed by atoms with Crippen LogP contribution in [-0.4, -0.2) is 26.3 Å². The minimum Gasteiger partial charge on any atom is -0.508 e. The number of carbonyl (C=O) groups excluding carboxylic acids is 1. The fraction of sp³-hybridized carbons (Fsp3) is 0.0909. The molecule has 0 bridgehead atoms. The minimum absolute atomic E-state index is 0.000926. The molecule has 0 unspecified atom stereocenters. The van der Waals surface area contributed by atoms with E-state index < -0.39 is 5.91 Å². The number of amides is 1. The van der Waals surface area contributed by atoms with Gasteiger partial charge < -0.3 is 15.5 Å². The monoisotopic (exact) mass is 233 g/mol. The van der Waals surface area contributed by atoms with Crippen LogP contribution in [0, 0.1) is 6.92 Å². The number of benzene rings is 1. The highest BCUT2D eigenvalue weighted by atomic mass is 16.3. The number of aromatic hydroxyl groups is 2. The van der Waals surface area contributed by atoms with Gasteiger partial charge in [-0.3, -0.25) is 9.89 Å². The predicted octanol–water partition coefficient (Wildman–Crippen LogP) is 1.38. The van der Waals surface area contributed by atoms with Gasteiger partial charge in [0.05, 0.1) is 11.8 Å². The zero-order valence-electron chi connectivity index (χ0n) is 9.06. The van der Waals surface area contributed by atoms with E-state index in [1.807, 2.05) is 0 Å². The minimum atomic E-state index is -0.522. The van der Waals surface area contributed by atoms with Crippen molar-refractivity contribution in [3.63, 3.8) is 0 Å². The summed E-state index contributed by atoms with van der Waals surface area (Å²) in [6.45, 7) is 1.78. The largest absolute Gasteiger partial charge is 0.508 e. The second kappa shape index (κ2) is 4.17. The molecule has 0 radical (unpaired) electrons. The molecule has 1 amide bonds. The Morgan fingerprint density at radius 2 is 2.18 bits per heavy atom. The van der Waals surface area contributed by atoms with Crippen LogP contribution in [0.4, 0.5) is 5.82 Å². The fourth-order valence-electron chi connectivity index (χ4n) is 1.36. The summed E-state index contributed by atoms with van der Waals surface area (Å²) in [7, 11) is 0. The number of anilines is 1. The number of aryl methyl sites for hydroxylation is 1. The molecule has 0 aliphatic heterocycles. The van der Waals surface area contributed by atoms with Crippen LogP contribution in [-0.2, 0) is 0 Å². The van der Waals surface area contributed by atoms with E-state index in [1.54, 1.807) is 13.1 Å². The number of phenols is 2. The van der Waals surface area contributed by atoms with E-state index >= 15 is 0 Å². The molecule has 1 aromatic heterocycles. The summed E-state index contributed by atoms with van der Waals surface area (Å²) in [4.78, 5) is 11.8. The topological polar surface area (TPSA) is 98.2 Å². The Labute approximate surface area is 96.9 Å². The molecule has 0 aliphatic rings. The van der Waals surface area contributed by atoms with Gasteiger partial charge in [0.1, 0.15) is 17.3 Å². The van der Waals surface area contributed by atoms with Crippen LogP contribution < -0.4 is 5.32 Å². The second-order valence-corrected chi connectivity index (χ2v) is 3.58. The lowest BCUT2D eigenvalue weighted by Gasteiger charge is -2.06. The van der Waals surface area contributed by atoms with Gasteiger partial charge in [0.2, 0.25) is 0 Å². The van der Waals surface area contributed by atoms with Crippen LogP contribution in [0.1, 0.15) is 15.9 Å². The number of hydrogen-bond acceptors (Lipinski definition) is 4. The lowest BCUT2D eigenvalue weighted by Crippen LogP contribution is -2.13. The first kappa shape index (κ1) is 11.0. The van der Waals surface area contributed by atoms with Crippen LogP contribution in [0.5, 0.6) is 11.5 Å². The Bertz CT molecular complexity index is 563. The molecule has 17 heavy (non-hydrogen) atoms. The summed E-state index contributed by atoms with van der Waals surface area (Å²) in [5.74, 6) is -0.352. The van der Waals surface area contributed by atoms with Crippen molar-refractivity contribution in [1.82, 2.24) is 10.2 Å². The number of carbonyl (C=O) groups is 1. The van der Waals surface area contributed by atoms with Gasteiger partial charge in [-0.2, -0.15) is 5.10 Å². The number of rotatable bonds is 2. The maximum atomic E-state index is 11.8. The Morgan fingerprint density at radius 1 is 1.41 bits per heavy atom. The standard InChI is InChI=1S/C11H11N3O3/c1-6-5-12-14-10(6)13-11(17)8-4-7(15)2-3-9(8)16/h2-5,15-16H,1H3,(H2,12,13,14,17). The molecule has 1 aromatic carbocycles. The van der Waals surface area contributed by atoms with Gasteiger partial charge in [0.15, 0.2) is 0 Å². The lowest BCUT2D eigenvalue weighted by atomic mass is 10.1. The first-order valence-electron chi connectivity index (χ1n) is 4.91. The van der Waals surface area contributed by atoms with Crippen LogP contribution in [0.15, 0.2) is 24.4 Å². The maximum absolute atomic E-state index is 11.8. The van der Waals surface area contributed by atoms with Crippen molar-refractivity contribution in [2.24, 2.45) is 0 Å². The third kappa shape index (κ3) is 2.20. The number of nitrogens with one attached hydrogen (secondary N) is 2. The molecule has 6 heteroatoms. The zero-order valence-corrected chi connectivity index (χ0v) is 9.06. The van der Waals surface area contributed by atoms with Crippen molar-refractivity contribution in [2.45, 2.75) is 6.92 Å². The molecule has 1 heterocycles. The molecule has 4 N–H and O–H groups in total. The van der Waals surface area contributed by atoms with Gasteiger partial charge in [0.25, 0.3) is 5.91 Å². The summed E-state index contributed by atoms with van der Waals surface area (Å²) in [5.41, 5.74) is 0.775. The van der Waals surface area contributed by atoms with Crippen molar-refractivity contribution in [1.29, 1.82) is 0 Å². The summed E-state index contributed by atoms with van der Waals surface area (Å²) >= 11 is 0. The first-order chi connectivity index (χ1) is 8.08. The Hall–Kier alpha value is -2.50. The van der Waals surface area contributed by atoms with Crippen molar-refractivity contribution < 1.29 is 15.0 Å². The number of H-pyrrole nitrogens is 1. The zero-order chi connectivity index (χ0) is 12.4. The number of phenolic OH excluding ortho intramolecular Hbond substituents is 2. The Balaban J connectivity index is 2.26. The molecule has 0 saturated carbocycles. The van der Waals surface area contributed by atoms with Crippen molar-refractivity contribution in [3.8, 4) is 11.5 Å². The number of aromatic nitrogens is 2. The highest BCUT2D eigenvalue weighted by molar-refractivity contribution is 6.06. The van der Waals surface area contributed by atoms with Crippen molar-refractivity contribution >= 4 is 11.7 Å². The van der Waals surface area contributed by atoms with Crippen LogP contribution >= 0.6 is 0 Å². The van der Waals surface area contributed by atoms with Crippen molar-refractivity contribution in [3.05, 3.63) is 35.5 Å². The molecular formula is C11H11N3O3. The highest BCUT2D eigenvalue weighted by Gasteiger charge is 2.13. The normalized spacial score (nSPS) is 10.2. The predicted molar refractivity (Wildman–Crippen MR) is 61.0 cm³/mol. The van der Waals surface area contributed by atoms with E-state index in [9.17, 15) is 15.0 Å². The van der Waals surface area contributed by atoms with Gasteiger partial charge in [0, 0.05) is 5.56 Å². The Kier molecular flexibility index (Phi) is 2.70. The van der Waals surface area contributed by atoms with Gasteiger partial charge in [-0.05, 0) is 25.1 Å². The summed E-state index contributed by atoms with van der Waals surface area (Å²) in [6, 6.07) is 3.74. The third-order valence-electron chi connectivity index (χ3n) is 2.29. The molecule has 0 aliphatic carbocycles. The number of hydrogen-bond donors (Lipinski definition) is 4. The molecular weight excluding hydrogens is 222 g/mol. The van der Waals surface area contributed by atoms with E-state index in [0.717, 1.165) is 5.56 Å². The van der Waals surface area contributed by atoms with Crippen LogP contribution in [0.25, 0.3) is 0 Å². The SMILES string of the molecule is Cc1cn[nH]c1NC(=O)c1cc(O)ccc1O. The maximum Gasteiger partial charge on any atom is 0.260 e. The number of aromatic amines is 1. The first-order valence-corrected chi connectivity index (χ1v) is 4.91. The Morgan fingerprint density at radius 3 is 2.82 bits per heavy atom. The lowest BCUT2D eigenvalue weighted by molar-refractivity contribution is 0.102. The summed E-state index contributed by atoms with van der Waals surface area (Å²) < 4.78 is 0. The van der Waals surface area contributed by atoms with Crippen LogP contribution in [0.2, 0.25) is 0 Å². The molecule has 0 fully saturated rings. The molecule has 0 atom stereocenters. The van der Waals surface area contributed by atoms with Crippen molar-refractivity contribution in [2.75, 3.05) is 5.32 Å². The average molecular weight is 233 g/mol. The fourth-order valence-corrected chi connectivity index (χ4v) is 1.36. The number of nitrogens with zero attached hydrogens (tertiary/aromatic N) is 1. The molecule has 2 aromatic rings. The smallest absolute Gasteiger partial charge is 0.260 e. The summed E-state index contributed by atoms with van der Waals surface area (Å²) in [6.07, 6.45) is 1.57. The summed E-state index contributed by atoms with van der Waals surface area (Å²) in [5, 5.41) is 27.7. The molecule has 6 nitrogen and oxygen atoms in total.